The maximum absolute atomic E-state index is 2.53. The zero-order valence-corrected chi connectivity index (χ0v) is 32.2. The van der Waals surface area contributed by atoms with Gasteiger partial charge in [-0.3, -0.25) is 0 Å². The number of benzene rings is 9. The molecule has 0 spiro atoms. The highest BCUT2D eigenvalue weighted by molar-refractivity contribution is 7.26. The van der Waals surface area contributed by atoms with E-state index < -0.39 is 0 Å². The van der Waals surface area contributed by atoms with Crippen LogP contribution in [0.1, 0.15) is 49.9 Å². The van der Waals surface area contributed by atoms with Gasteiger partial charge in [-0.1, -0.05) is 167 Å². The summed E-state index contributed by atoms with van der Waals surface area (Å²) in [7, 11) is 0. The van der Waals surface area contributed by atoms with Crippen molar-refractivity contribution in [1.82, 2.24) is 0 Å². The van der Waals surface area contributed by atoms with Crippen LogP contribution in [0.5, 0.6) is 0 Å². The third-order valence-electron chi connectivity index (χ3n) is 13.2. The number of fused-ring (bicyclic) bond motifs is 15. The van der Waals surface area contributed by atoms with E-state index in [0.29, 0.717) is 0 Å². The lowest BCUT2D eigenvalue weighted by Gasteiger charge is -2.24. The van der Waals surface area contributed by atoms with Gasteiger partial charge in [0, 0.05) is 36.4 Å². The molecule has 0 unspecified atom stereocenters. The Morgan fingerprint density at radius 1 is 0.364 bits per heavy atom. The Bertz CT molecular complexity index is 3260. The van der Waals surface area contributed by atoms with Gasteiger partial charge >= 0.3 is 0 Å². The molecule has 12 rings (SSSR count). The van der Waals surface area contributed by atoms with Gasteiger partial charge in [0.2, 0.25) is 0 Å². The Balaban J connectivity index is 1.13. The molecule has 1 heteroatoms. The van der Waals surface area contributed by atoms with Gasteiger partial charge in [0.05, 0.1) is 0 Å². The average Bonchev–Trinajstić information content (AvgIpc) is 3.79. The molecule has 0 saturated carbocycles. The van der Waals surface area contributed by atoms with E-state index in [2.05, 4.69) is 185 Å². The maximum atomic E-state index is 2.53. The minimum absolute atomic E-state index is 0.0625. The second-order valence-electron chi connectivity index (χ2n) is 16.8. The van der Waals surface area contributed by atoms with Crippen molar-refractivity contribution < 1.29 is 0 Å². The summed E-state index contributed by atoms with van der Waals surface area (Å²) in [5.74, 6) is 0. The maximum Gasteiger partial charge on any atom is 0.0437 e. The van der Waals surface area contributed by atoms with Crippen LogP contribution in [0.2, 0.25) is 0 Å². The highest BCUT2D eigenvalue weighted by atomic mass is 32.1. The molecule has 9 aromatic carbocycles. The molecule has 0 radical (unpaired) electrons. The van der Waals surface area contributed by atoms with Crippen molar-refractivity contribution in [2.45, 2.75) is 38.5 Å². The van der Waals surface area contributed by atoms with Gasteiger partial charge in [-0.25, -0.2) is 0 Å². The number of rotatable bonds is 2. The van der Waals surface area contributed by atoms with Gasteiger partial charge in [0.25, 0.3) is 0 Å². The molecule has 260 valence electrons. The molecular formula is C54H38S. The predicted octanol–water partition coefficient (Wildman–Crippen LogP) is 15.5. The molecule has 0 fully saturated rings. The summed E-state index contributed by atoms with van der Waals surface area (Å²) >= 11 is 1.94. The lowest BCUT2D eigenvalue weighted by Crippen LogP contribution is -2.15. The Kier molecular flexibility index (Phi) is 6.16. The first-order valence-corrected chi connectivity index (χ1v) is 20.3. The Morgan fingerprint density at radius 3 is 1.53 bits per heavy atom. The minimum atomic E-state index is -0.148. The van der Waals surface area contributed by atoms with Crippen LogP contribution < -0.4 is 0 Å². The first-order valence-electron chi connectivity index (χ1n) is 19.5. The SMILES string of the molecule is CC1(C)c2ccccc2-c2ccc(-c3c4ccccc4c(-c4ccc5c(c4)-c4c(c6c7ccccc7sc6c6ccccc46)C5(C)C)c4ccccc34)cc21. The van der Waals surface area contributed by atoms with Crippen molar-refractivity contribution in [3.8, 4) is 44.5 Å². The lowest BCUT2D eigenvalue weighted by atomic mass is 9.79. The van der Waals surface area contributed by atoms with Crippen LogP contribution in [-0.4, -0.2) is 0 Å². The van der Waals surface area contributed by atoms with Gasteiger partial charge in [-0.2, -0.15) is 0 Å². The zero-order valence-electron chi connectivity index (χ0n) is 31.4. The van der Waals surface area contributed by atoms with Gasteiger partial charge in [-0.05, 0) is 112 Å². The van der Waals surface area contributed by atoms with Crippen LogP contribution in [-0.2, 0) is 10.8 Å². The lowest BCUT2D eigenvalue weighted by molar-refractivity contribution is 0.660. The fraction of sp³-hybridized carbons (Fsp3) is 0.111. The van der Waals surface area contributed by atoms with Gasteiger partial charge < -0.3 is 0 Å². The van der Waals surface area contributed by atoms with Crippen molar-refractivity contribution >= 4 is 63.8 Å². The quantitative estimate of drug-likeness (QED) is 0.156. The summed E-state index contributed by atoms with van der Waals surface area (Å²) in [5.41, 5.74) is 16.1. The van der Waals surface area contributed by atoms with E-state index in [9.17, 15) is 0 Å². The van der Waals surface area contributed by atoms with E-state index in [4.69, 9.17) is 0 Å². The van der Waals surface area contributed by atoms with Gasteiger partial charge in [0.15, 0.2) is 0 Å². The molecule has 0 nitrogen and oxygen atoms in total. The van der Waals surface area contributed by atoms with Crippen molar-refractivity contribution in [2.24, 2.45) is 0 Å². The summed E-state index contributed by atoms with van der Waals surface area (Å²) in [6.45, 7) is 9.63. The van der Waals surface area contributed by atoms with Crippen LogP contribution in [0.25, 0.3) is 97.0 Å². The van der Waals surface area contributed by atoms with E-state index in [1.54, 1.807) is 0 Å². The molecular weight excluding hydrogens is 681 g/mol. The molecule has 10 aromatic rings. The molecule has 0 saturated heterocycles. The number of hydrogen-bond donors (Lipinski definition) is 0. The molecule has 0 atom stereocenters. The Morgan fingerprint density at radius 2 is 0.855 bits per heavy atom. The van der Waals surface area contributed by atoms with Gasteiger partial charge in [-0.15, -0.1) is 11.3 Å². The first kappa shape index (κ1) is 31.3. The molecule has 2 aliphatic rings. The molecule has 55 heavy (non-hydrogen) atoms. The van der Waals surface area contributed by atoms with E-state index in [0.717, 1.165) is 0 Å². The Hall–Kier alpha value is -6.02. The van der Waals surface area contributed by atoms with Crippen molar-refractivity contribution in [1.29, 1.82) is 0 Å². The molecule has 0 aliphatic heterocycles. The molecule has 0 bridgehead atoms. The van der Waals surface area contributed by atoms with Crippen LogP contribution in [0.3, 0.4) is 0 Å². The second-order valence-corrected chi connectivity index (χ2v) is 17.8. The zero-order chi connectivity index (χ0) is 36.8. The summed E-state index contributed by atoms with van der Waals surface area (Å²) in [6, 6.07) is 59.8. The van der Waals surface area contributed by atoms with Gasteiger partial charge in [0.1, 0.15) is 0 Å². The molecule has 1 heterocycles. The van der Waals surface area contributed by atoms with E-state index in [1.807, 2.05) is 11.3 Å². The Labute approximate surface area is 325 Å². The third-order valence-corrected chi connectivity index (χ3v) is 14.4. The molecule has 2 aliphatic carbocycles. The molecule has 0 amide bonds. The predicted molar refractivity (Wildman–Crippen MR) is 238 cm³/mol. The van der Waals surface area contributed by atoms with E-state index in [-0.39, 0.29) is 10.8 Å². The highest BCUT2D eigenvalue weighted by Gasteiger charge is 2.40. The average molecular weight is 719 g/mol. The molecule has 1 aromatic heterocycles. The summed E-state index contributed by atoms with van der Waals surface area (Å²) in [4.78, 5) is 0. The first-order chi connectivity index (χ1) is 26.8. The summed E-state index contributed by atoms with van der Waals surface area (Å²) < 4.78 is 2.76. The number of hydrogen-bond acceptors (Lipinski definition) is 1. The fourth-order valence-corrected chi connectivity index (χ4v) is 12.0. The van der Waals surface area contributed by atoms with Crippen molar-refractivity contribution in [3.63, 3.8) is 0 Å². The van der Waals surface area contributed by atoms with Crippen LogP contribution >= 0.6 is 11.3 Å². The van der Waals surface area contributed by atoms with E-state index >= 15 is 0 Å². The standard InChI is InChI=1S/C54H38S/c1-53(2)43-23-13-11-15-33(43)34-27-25-32(30-45(34)53)48-37-18-7-5-16-35(37)47(36-17-6-8-19-38(36)48)31-26-28-44-42(29-31)49-39-20-9-10-21-40(39)52-50(51(49)54(44,3)4)41-22-12-14-24-46(41)55-52/h5-30H,1-4H3. The van der Waals surface area contributed by atoms with E-state index in [1.165, 1.54) is 119 Å². The smallest absolute Gasteiger partial charge is 0.0437 e. The normalized spacial score (nSPS) is 14.8. The summed E-state index contributed by atoms with van der Waals surface area (Å²) in [6.07, 6.45) is 0. The van der Waals surface area contributed by atoms with Crippen molar-refractivity contribution in [3.05, 3.63) is 180 Å². The topological polar surface area (TPSA) is 0 Å². The monoisotopic (exact) mass is 718 g/mol. The highest BCUT2D eigenvalue weighted by Crippen LogP contribution is 2.58. The largest absolute Gasteiger partial charge is 0.135 e. The fourth-order valence-electron chi connectivity index (χ4n) is 10.7. The second kappa shape index (κ2) is 10.8. The van der Waals surface area contributed by atoms with Crippen molar-refractivity contribution in [2.75, 3.05) is 0 Å². The minimum Gasteiger partial charge on any atom is -0.135 e. The van der Waals surface area contributed by atoms with Crippen LogP contribution in [0.4, 0.5) is 0 Å². The molecule has 0 N–H and O–H groups in total. The third kappa shape index (κ3) is 4.01. The summed E-state index contributed by atoms with van der Waals surface area (Å²) in [5, 5.41) is 10.7. The van der Waals surface area contributed by atoms with Crippen LogP contribution in [0, 0.1) is 0 Å². The van der Waals surface area contributed by atoms with Crippen LogP contribution in [0.15, 0.2) is 158 Å². The number of thiophene rings is 1.